The van der Waals surface area contributed by atoms with Crippen molar-refractivity contribution >= 4 is 0 Å². The van der Waals surface area contributed by atoms with E-state index in [0.717, 1.165) is 5.69 Å². The lowest BCUT2D eigenvalue weighted by molar-refractivity contribution is 0.441. The number of benzene rings is 2. The number of hydrogen-bond donors (Lipinski definition) is 0. The number of para-hydroxylation sites is 1. The van der Waals surface area contributed by atoms with Crippen LogP contribution >= 0.6 is 0 Å². The van der Waals surface area contributed by atoms with E-state index in [1.165, 1.54) is 0 Å². The van der Waals surface area contributed by atoms with Gasteiger partial charge in [-0.05, 0) is 36.4 Å². The third-order valence-corrected chi connectivity index (χ3v) is 2.68. The number of aromatic nitrogens is 3. The van der Waals surface area contributed by atoms with Crippen LogP contribution in [0, 0.1) is 11.3 Å². The van der Waals surface area contributed by atoms with Crippen molar-refractivity contribution < 1.29 is 4.74 Å². The van der Waals surface area contributed by atoms with Crippen LogP contribution in [0.15, 0.2) is 60.9 Å². The number of rotatable bonds is 3. The predicted molar refractivity (Wildman–Crippen MR) is 72.6 cm³/mol. The van der Waals surface area contributed by atoms with E-state index in [2.05, 4.69) is 16.2 Å². The third kappa shape index (κ3) is 2.49. The molecule has 0 spiro atoms. The summed E-state index contributed by atoms with van der Waals surface area (Å²) in [5.41, 5.74) is 1.50. The average Bonchev–Trinajstić information content (AvgIpc) is 2.97. The van der Waals surface area contributed by atoms with E-state index in [0.29, 0.717) is 11.3 Å². The van der Waals surface area contributed by atoms with Crippen molar-refractivity contribution in [1.29, 1.82) is 5.26 Å². The Morgan fingerprint density at radius 3 is 2.45 bits per heavy atom. The van der Waals surface area contributed by atoms with Crippen LogP contribution in [0.4, 0.5) is 0 Å². The second-order valence-electron chi connectivity index (χ2n) is 4.05. The first kappa shape index (κ1) is 11.9. The van der Waals surface area contributed by atoms with Crippen LogP contribution in [-0.4, -0.2) is 14.8 Å². The van der Waals surface area contributed by atoms with Gasteiger partial charge in [0.15, 0.2) is 0 Å². The summed E-state index contributed by atoms with van der Waals surface area (Å²) in [6.07, 6.45) is 1.59. The minimum Gasteiger partial charge on any atom is -0.423 e. The van der Waals surface area contributed by atoms with Gasteiger partial charge in [0.2, 0.25) is 0 Å². The fraction of sp³-hybridized carbons (Fsp3) is 0. The van der Waals surface area contributed by atoms with E-state index in [1.807, 2.05) is 30.3 Å². The lowest BCUT2D eigenvalue weighted by atomic mass is 10.2. The molecule has 1 aromatic heterocycles. The molecule has 0 aliphatic carbocycles. The first-order chi connectivity index (χ1) is 9.85. The third-order valence-electron chi connectivity index (χ3n) is 2.68. The molecule has 3 aromatic rings. The first-order valence-electron chi connectivity index (χ1n) is 6.00. The molecule has 0 unspecified atom stereocenters. The van der Waals surface area contributed by atoms with Crippen LogP contribution in [0.25, 0.3) is 5.69 Å². The topological polar surface area (TPSA) is 63.7 Å². The van der Waals surface area contributed by atoms with Crippen molar-refractivity contribution in [3.05, 3.63) is 66.5 Å². The average molecular weight is 262 g/mol. The predicted octanol–water partition coefficient (Wildman–Crippen LogP) is 2.93. The van der Waals surface area contributed by atoms with E-state index in [-0.39, 0.29) is 6.01 Å². The number of nitrogens with zero attached hydrogens (tertiary/aromatic N) is 4. The Kier molecular flexibility index (Phi) is 3.13. The highest BCUT2D eigenvalue weighted by molar-refractivity contribution is 5.35. The summed E-state index contributed by atoms with van der Waals surface area (Å²) in [7, 11) is 0. The van der Waals surface area contributed by atoms with E-state index in [9.17, 15) is 0 Å². The maximum Gasteiger partial charge on any atom is 0.341 e. The molecule has 2 aromatic carbocycles. The Labute approximate surface area is 115 Å². The Balaban J connectivity index is 1.79. The fourth-order valence-corrected chi connectivity index (χ4v) is 1.70. The zero-order valence-electron chi connectivity index (χ0n) is 10.5. The number of hydrogen-bond acceptors (Lipinski definition) is 4. The molecule has 20 heavy (non-hydrogen) atoms. The largest absolute Gasteiger partial charge is 0.423 e. The van der Waals surface area contributed by atoms with Gasteiger partial charge in [-0.3, -0.25) is 0 Å². The molecule has 3 rings (SSSR count). The van der Waals surface area contributed by atoms with Gasteiger partial charge in [0.1, 0.15) is 12.1 Å². The molecule has 5 nitrogen and oxygen atoms in total. The highest BCUT2D eigenvalue weighted by Crippen LogP contribution is 2.18. The van der Waals surface area contributed by atoms with E-state index in [4.69, 9.17) is 10.00 Å². The molecule has 0 saturated carbocycles. The molecular weight excluding hydrogens is 252 g/mol. The van der Waals surface area contributed by atoms with Crippen molar-refractivity contribution in [3.63, 3.8) is 0 Å². The quantitative estimate of drug-likeness (QED) is 0.728. The molecule has 0 fully saturated rings. The van der Waals surface area contributed by atoms with Crippen molar-refractivity contribution in [3.8, 4) is 23.5 Å². The smallest absolute Gasteiger partial charge is 0.341 e. The van der Waals surface area contributed by atoms with Gasteiger partial charge < -0.3 is 4.74 Å². The Morgan fingerprint density at radius 2 is 1.75 bits per heavy atom. The molecule has 0 aliphatic rings. The maximum absolute atomic E-state index is 8.73. The van der Waals surface area contributed by atoms with Crippen LogP contribution in [0.3, 0.4) is 0 Å². The maximum atomic E-state index is 8.73. The molecule has 0 radical (unpaired) electrons. The van der Waals surface area contributed by atoms with Gasteiger partial charge in [0.05, 0.1) is 17.3 Å². The zero-order chi connectivity index (χ0) is 13.8. The standard InChI is InChI=1S/C15H10N4O/c16-10-12-6-8-14(9-7-12)20-15-17-11-19(18-15)13-4-2-1-3-5-13/h1-9,11H. The van der Waals surface area contributed by atoms with Crippen molar-refractivity contribution in [2.24, 2.45) is 0 Å². The summed E-state index contributed by atoms with van der Waals surface area (Å²) in [6, 6.07) is 18.8. The van der Waals surface area contributed by atoms with Gasteiger partial charge in [0.25, 0.3) is 0 Å². The van der Waals surface area contributed by atoms with E-state index < -0.39 is 0 Å². The summed E-state index contributed by atoms with van der Waals surface area (Å²) >= 11 is 0. The SMILES string of the molecule is N#Cc1ccc(Oc2ncn(-c3ccccc3)n2)cc1. The highest BCUT2D eigenvalue weighted by atomic mass is 16.5. The van der Waals surface area contributed by atoms with Crippen LogP contribution < -0.4 is 4.74 Å². The highest BCUT2D eigenvalue weighted by Gasteiger charge is 2.05. The lowest BCUT2D eigenvalue weighted by Gasteiger charge is -2.00. The summed E-state index contributed by atoms with van der Waals surface area (Å²) in [4.78, 5) is 4.10. The van der Waals surface area contributed by atoms with Gasteiger partial charge in [0, 0.05) is 0 Å². The molecule has 0 N–H and O–H groups in total. The Morgan fingerprint density at radius 1 is 1.00 bits per heavy atom. The molecule has 1 heterocycles. The minimum atomic E-state index is 0.263. The number of ether oxygens (including phenoxy) is 1. The summed E-state index contributed by atoms with van der Waals surface area (Å²) in [5.74, 6) is 0.592. The van der Waals surface area contributed by atoms with Crippen LogP contribution in [0.1, 0.15) is 5.56 Å². The molecule has 0 atom stereocenters. The van der Waals surface area contributed by atoms with Crippen LogP contribution in [0.5, 0.6) is 11.8 Å². The molecule has 0 saturated heterocycles. The van der Waals surface area contributed by atoms with Crippen molar-refractivity contribution in [2.45, 2.75) is 0 Å². The summed E-state index contributed by atoms with van der Waals surface area (Å²) in [5, 5.41) is 13.0. The normalized spacial score (nSPS) is 9.95. The monoisotopic (exact) mass is 262 g/mol. The van der Waals surface area contributed by atoms with Crippen LogP contribution in [0.2, 0.25) is 0 Å². The zero-order valence-corrected chi connectivity index (χ0v) is 10.5. The molecule has 96 valence electrons. The second-order valence-corrected chi connectivity index (χ2v) is 4.05. The number of nitriles is 1. The molecule has 0 aliphatic heterocycles. The van der Waals surface area contributed by atoms with Gasteiger partial charge in [-0.1, -0.05) is 18.2 Å². The first-order valence-corrected chi connectivity index (χ1v) is 6.00. The van der Waals surface area contributed by atoms with Gasteiger partial charge >= 0.3 is 6.01 Å². The van der Waals surface area contributed by atoms with Gasteiger partial charge in [-0.15, -0.1) is 5.10 Å². The fourth-order valence-electron chi connectivity index (χ4n) is 1.70. The molecule has 0 bridgehead atoms. The van der Waals surface area contributed by atoms with Crippen molar-refractivity contribution in [1.82, 2.24) is 14.8 Å². The van der Waals surface area contributed by atoms with Gasteiger partial charge in [-0.2, -0.15) is 10.2 Å². The Hall–Kier alpha value is -3.13. The van der Waals surface area contributed by atoms with Gasteiger partial charge in [-0.25, -0.2) is 4.68 Å². The van der Waals surface area contributed by atoms with E-state index >= 15 is 0 Å². The summed E-state index contributed by atoms with van der Waals surface area (Å²) < 4.78 is 7.17. The van der Waals surface area contributed by atoms with Crippen LogP contribution in [-0.2, 0) is 0 Å². The summed E-state index contributed by atoms with van der Waals surface area (Å²) in [6.45, 7) is 0. The lowest BCUT2D eigenvalue weighted by Crippen LogP contribution is -1.94. The minimum absolute atomic E-state index is 0.263. The van der Waals surface area contributed by atoms with E-state index in [1.54, 1.807) is 35.3 Å². The Bertz CT molecular complexity index is 742. The molecule has 0 amide bonds. The molecule has 5 heteroatoms. The molecular formula is C15H10N4O. The van der Waals surface area contributed by atoms with Crippen molar-refractivity contribution in [2.75, 3.05) is 0 Å². The second kappa shape index (κ2) is 5.24.